The van der Waals surface area contributed by atoms with Crippen molar-refractivity contribution in [1.82, 2.24) is 10.5 Å². The van der Waals surface area contributed by atoms with E-state index < -0.39 is 0 Å². The third kappa shape index (κ3) is 4.31. The van der Waals surface area contributed by atoms with E-state index in [1.807, 2.05) is 19.1 Å². The molecular weight excluding hydrogens is 292 g/mol. The molecule has 5 nitrogen and oxygen atoms in total. The fraction of sp³-hybridized carbons (Fsp3) is 0.333. The van der Waals surface area contributed by atoms with E-state index in [9.17, 15) is 4.79 Å². The zero-order chi connectivity index (χ0) is 15.2. The summed E-state index contributed by atoms with van der Waals surface area (Å²) in [5.74, 6) is 0.268. The van der Waals surface area contributed by atoms with Gasteiger partial charge in [-0.3, -0.25) is 4.79 Å². The first-order valence-corrected chi connectivity index (χ1v) is 7.00. The Morgan fingerprint density at radius 2 is 2.14 bits per heavy atom. The van der Waals surface area contributed by atoms with Crippen LogP contribution < -0.4 is 5.32 Å². The van der Waals surface area contributed by atoms with Crippen LogP contribution >= 0.6 is 11.6 Å². The average molecular weight is 309 g/mol. The van der Waals surface area contributed by atoms with Crippen molar-refractivity contribution in [3.63, 3.8) is 0 Å². The highest BCUT2D eigenvalue weighted by Gasteiger charge is 2.15. The number of amides is 1. The second-order valence-electron chi connectivity index (χ2n) is 4.74. The summed E-state index contributed by atoms with van der Waals surface area (Å²) in [5.41, 5.74) is 1.07. The number of hydrogen-bond donors (Lipinski definition) is 1. The van der Waals surface area contributed by atoms with Crippen molar-refractivity contribution in [2.45, 2.75) is 19.4 Å². The van der Waals surface area contributed by atoms with Gasteiger partial charge in [0.15, 0.2) is 11.5 Å². The highest BCUT2D eigenvalue weighted by molar-refractivity contribution is 6.30. The SMILES string of the molecule is COCCC(C)NC(=O)c1cc(-c2ccc(Cl)cc2)on1. The van der Waals surface area contributed by atoms with E-state index in [1.165, 1.54) is 0 Å². The van der Waals surface area contributed by atoms with E-state index in [0.29, 0.717) is 17.4 Å². The monoisotopic (exact) mass is 308 g/mol. The van der Waals surface area contributed by atoms with Crippen LogP contribution in [0.1, 0.15) is 23.8 Å². The van der Waals surface area contributed by atoms with Crippen molar-refractivity contribution in [2.24, 2.45) is 0 Å². The van der Waals surface area contributed by atoms with Crippen LogP contribution in [-0.2, 0) is 4.74 Å². The van der Waals surface area contributed by atoms with Gasteiger partial charge in [0.1, 0.15) is 0 Å². The molecule has 1 aromatic heterocycles. The maximum Gasteiger partial charge on any atom is 0.273 e. The average Bonchev–Trinajstić information content (AvgIpc) is 2.96. The molecule has 0 aliphatic carbocycles. The summed E-state index contributed by atoms with van der Waals surface area (Å²) in [7, 11) is 1.63. The molecule has 0 bridgehead atoms. The quantitative estimate of drug-likeness (QED) is 0.890. The van der Waals surface area contributed by atoms with Gasteiger partial charge in [0.05, 0.1) is 0 Å². The lowest BCUT2D eigenvalue weighted by molar-refractivity contribution is 0.0920. The summed E-state index contributed by atoms with van der Waals surface area (Å²) in [4.78, 5) is 12.0. The van der Waals surface area contributed by atoms with Gasteiger partial charge < -0.3 is 14.6 Å². The minimum Gasteiger partial charge on any atom is -0.385 e. The second kappa shape index (κ2) is 7.24. The number of halogens is 1. The predicted octanol–water partition coefficient (Wildman–Crippen LogP) is 3.15. The van der Waals surface area contributed by atoms with E-state index >= 15 is 0 Å². The maximum absolute atomic E-state index is 12.0. The molecule has 0 fully saturated rings. The number of ether oxygens (including phenoxy) is 1. The Balaban J connectivity index is 2.02. The van der Waals surface area contributed by atoms with Crippen LogP contribution in [0.5, 0.6) is 0 Å². The van der Waals surface area contributed by atoms with Crippen molar-refractivity contribution < 1.29 is 14.1 Å². The van der Waals surface area contributed by atoms with E-state index in [-0.39, 0.29) is 17.6 Å². The highest BCUT2D eigenvalue weighted by Crippen LogP contribution is 2.22. The topological polar surface area (TPSA) is 64.4 Å². The molecule has 0 saturated heterocycles. The van der Waals surface area contributed by atoms with Crippen molar-refractivity contribution in [1.29, 1.82) is 0 Å². The van der Waals surface area contributed by atoms with Crippen molar-refractivity contribution in [2.75, 3.05) is 13.7 Å². The lowest BCUT2D eigenvalue weighted by Crippen LogP contribution is -2.33. The summed E-state index contributed by atoms with van der Waals surface area (Å²) in [5, 5.41) is 7.28. The number of carbonyl (C=O) groups excluding carboxylic acids is 1. The van der Waals surface area contributed by atoms with E-state index in [0.717, 1.165) is 12.0 Å². The number of aromatic nitrogens is 1. The first kappa shape index (κ1) is 15.5. The molecule has 2 aromatic rings. The number of methoxy groups -OCH3 is 1. The van der Waals surface area contributed by atoms with Crippen LogP contribution in [0.3, 0.4) is 0 Å². The number of nitrogens with one attached hydrogen (secondary N) is 1. The van der Waals surface area contributed by atoms with E-state index in [1.54, 1.807) is 25.3 Å². The van der Waals surface area contributed by atoms with Crippen molar-refractivity contribution in [3.8, 4) is 11.3 Å². The molecule has 1 unspecified atom stereocenters. The molecule has 6 heteroatoms. The zero-order valence-electron chi connectivity index (χ0n) is 11.9. The summed E-state index contributed by atoms with van der Waals surface area (Å²) in [6.07, 6.45) is 0.740. The fourth-order valence-electron chi connectivity index (χ4n) is 1.80. The Hall–Kier alpha value is -1.85. The molecule has 1 heterocycles. The minimum absolute atomic E-state index is 0.00753. The molecule has 0 aliphatic rings. The molecule has 1 aromatic carbocycles. The highest BCUT2D eigenvalue weighted by atomic mass is 35.5. The third-order valence-corrected chi connectivity index (χ3v) is 3.26. The van der Waals surface area contributed by atoms with Crippen LogP contribution in [0, 0.1) is 0 Å². The molecule has 0 spiro atoms. The number of nitrogens with zero attached hydrogens (tertiary/aromatic N) is 1. The Bertz CT molecular complexity index is 595. The first-order chi connectivity index (χ1) is 10.1. The molecule has 1 atom stereocenters. The number of carbonyl (C=O) groups is 1. The van der Waals surface area contributed by atoms with Gasteiger partial charge in [-0.05, 0) is 37.6 Å². The molecule has 1 N–H and O–H groups in total. The molecule has 2 rings (SSSR count). The number of rotatable bonds is 6. The Kier molecular flexibility index (Phi) is 5.36. The van der Waals surface area contributed by atoms with Crippen LogP contribution in [-0.4, -0.2) is 30.8 Å². The van der Waals surface area contributed by atoms with Crippen molar-refractivity contribution in [3.05, 3.63) is 41.0 Å². The van der Waals surface area contributed by atoms with Gasteiger partial charge in [-0.2, -0.15) is 0 Å². The molecular formula is C15H17ClN2O3. The van der Waals surface area contributed by atoms with Crippen LogP contribution in [0.2, 0.25) is 5.02 Å². The van der Waals surface area contributed by atoms with Gasteiger partial charge in [-0.25, -0.2) is 0 Å². The molecule has 1 amide bonds. The maximum atomic E-state index is 12.0. The van der Waals surface area contributed by atoms with Crippen LogP contribution in [0.15, 0.2) is 34.9 Å². The Labute approximate surface area is 128 Å². The van der Waals surface area contributed by atoms with Gasteiger partial charge in [-0.1, -0.05) is 16.8 Å². The third-order valence-electron chi connectivity index (χ3n) is 3.00. The molecule has 0 aliphatic heterocycles. The van der Waals surface area contributed by atoms with Gasteiger partial charge in [0.2, 0.25) is 0 Å². The summed E-state index contributed by atoms with van der Waals surface area (Å²) < 4.78 is 10.2. The van der Waals surface area contributed by atoms with Gasteiger partial charge in [-0.15, -0.1) is 0 Å². The Morgan fingerprint density at radius 1 is 1.43 bits per heavy atom. The van der Waals surface area contributed by atoms with Gasteiger partial charge >= 0.3 is 0 Å². The zero-order valence-corrected chi connectivity index (χ0v) is 12.7. The molecule has 112 valence electrons. The summed E-state index contributed by atoms with van der Waals surface area (Å²) >= 11 is 5.83. The summed E-state index contributed by atoms with van der Waals surface area (Å²) in [6, 6.07) is 8.75. The van der Waals surface area contributed by atoms with Crippen LogP contribution in [0.25, 0.3) is 11.3 Å². The molecule has 0 saturated carbocycles. The summed E-state index contributed by atoms with van der Waals surface area (Å²) in [6.45, 7) is 2.51. The number of benzene rings is 1. The van der Waals surface area contributed by atoms with E-state index in [4.69, 9.17) is 20.9 Å². The normalized spacial score (nSPS) is 12.1. The second-order valence-corrected chi connectivity index (χ2v) is 5.18. The smallest absolute Gasteiger partial charge is 0.273 e. The van der Waals surface area contributed by atoms with E-state index in [2.05, 4.69) is 10.5 Å². The lowest BCUT2D eigenvalue weighted by Gasteiger charge is -2.11. The van der Waals surface area contributed by atoms with Crippen molar-refractivity contribution >= 4 is 17.5 Å². The Morgan fingerprint density at radius 3 is 2.81 bits per heavy atom. The molecule has 0 radical (unpaired) electrons. The van der Waals surface area contributed by atoms with Gasteiger partial charge in [0, 0.05) is 36.4 Å². The number of hydrogen-bond acceptors (Lipinski definition) is 4. The lowest BCUT2D eigenvalue weighted by atomic mass is 10.1. The molecule has 21 heavy (non-hydrogen) atoms. The predicted molar refractivity (Wildman–Crippen MR) is 80.4 cm³/mol. The van der Waals surface area contributed by atoms with Crippen LogP contribution in [0.4, 0.5) is 0 Å². The standard InChI is InChI=1S/C15H17ClN2O3/c1-10(7-8-20-2)17-15(19)13-9-14(21-18-13)11-3-5-12(16)6-4-11/h3-6,9-10H,7-8H2,1-2H3,(H,17,19). The largest absolute Gasteiger partial charge is 0.385 e. The minimum atomic E-state index is -0.262. The first-order valence-electron chi connectivity index (χ1n) is 6.62. The fourth-order valence-corrected chi connectivity index (χ4v) is 1.92. The van der Waals surface area contributed by atoms with Gasteiger partial charge in [0.25, 0.3) is 5.91 Å².